The van der Waals surface area contributed by atoms with E-state index in [0.29, 0.717) is 6.04 Å². The van der Waals surface area contributed by atoms with Crippen LogP contribution in [0.1, 0.15) is 74.1 Å². The fourth-order valence-corrected chi connectivity index (χ4v) is 3.00. The van der Waals surface area contributed by atoms with Gasteiger partial charge in [0, 0.05) is 43.3 Å². The van der Waals surface area contributed by atoms with Crippen LogP contribution in [0.5, 0.6) is 0 Å². The van der Waals surface area contributed by atoms with E-state index in [2.05, 4.69) is 69.7 Å². The maximum Gasteiger partial charge on any atom is 0.0140 e. The van der Waals surface area contributed by atoms with Gasteiger partial charge in [0.25, 0.3) is 0 Å². The van der Waals surface area contributed by atoms with Gasteiger partial charge in [-0.2, -0.15) is 0 Å². The number of nitrogens with one attached hydrogen (secondary N) is 4. The summed E-state index contributed by atoms with van der Waals surface area (Å²) in [6, 6.07) is 0.525. The highest BCUT2D eigenvalue weighted by Crippen LogP contribution is 2.12. The molecule has 23 heavy (non-hydrogen) atoms. The van der Waals surface area contributed by atoms with Gasteiger partial charge in [0.1, 0.15) is 0 Å². The molecule has 140 valence electrons. The largest absolute Gasteiger partial charge is 0.316 e. The molecule has 0 aliphatic rings. The number of hydrogen-bond acceptors (Lipinski definition) is 4. The minimum absolute atomic E-state index is 0.176. The van der Waals surface area contributed by atoms with Crippen molar-refractivity contribution < 1.29 is 0 Å². The Hall–Kier alpha value is -0.160. The Morgan fingerprint density at radius 2 is 1.43 bits per heavy atom. The van der Waals surface area contributed by atoms with E-state index in [0.717, 1.165) is 39.1 Å². The summed E-state index contributed by atoms with van der Waals surface area (Å²) < 4.78 is 0. The fraction of sp³-hybridized carbons (Fsp3) is 1.00. The van der Waals surface area contributed by atoms with E-state index < -0.39 is 0 Å². The van der Waals surface area contributed by atoms with E-state index in [1.807, 2.05) is 0 Å². The van der Waals surface area contributed by atoms with E-state index in [1.165, 1.54) is 19.3 Å². The third-order valence-electron chi connectivity index (χ3n) is 4.35. The molecule has 4 nitrogen and oxygen atoms in total. The molecule has 1 unspecified atom stereocenters. The summed E-state index contributed by atoms with van der Waals surface area (Å²) >= 11 is 0. The molecule has 0 rings (SSSR count). The minimum Gasteiger partial charge on any atom is -0.316 e. The Kier molecular flexibility index (Phi) is 12.2. The average molecular weight is 329 g/mol. The zero-order valence-electron chi connectivity index (χ0n) is 16.9. The van der Waals surface area contributed by atoms with Crippen LogP contribution in [0.2, 0.25) is 0 Å². The molecule has 4 heteroatoms. The summed E-state index contributed by atoms with van der Waals surface area (Å²) in [5.41, 5.74) is 0.434. The van der Waals surface area contributed by atoms with E-state index in [1.54, 1.807) is 0 Å². The first-order valence-corrected chi connectivity index (χ1v) is 9.66. The van der Waals surface area contributed by atoms with Crippen molar-refractivity contribution in [3.63, 3.8) is 0 Å². The normalized spacial score (nSPS) is 14.2. The lowest BCUT2D eigenvalue weighted by molar-refractivity contribution is 0.309. The molecular weight excluding hydrogens is 284 g/mol. The van der Waals surface area contributed by atoms with Crippen molar-refractivity contribution in [2.75, 3.05) is 32.7 Å². The Labute approximate surface area is 146 Å². The van der Waals surface area contributed by atoms with Gasteiger partial charge in [0.15, 0.2) is 0 Å². The van der Waals surface area contributed by atoms with Gasteiger partial charge in [0.05, 0.1) is 0 Å². The van der Waals surface area contributed by atoms with Crippen molar-refractivity contribution in [2.24, 2.45) is 0 Å². The molecule has 0 saturated carbocycles. The molecule has 0 amide bonds. The molecule has 0 spiro atoms. The molecule has 0 aliphatic carbocycles. The maximum absolute atomic E-state index is 3.67. The van der Waals surface area contributed by atoms with Crippen LogP contribution in [0.4, 0.5) is 0 Å². The van der Waals surface area contributed by atoms with Crippen LogP contribution >= 0.6 is 0 Å². The van der Waals surface area contributed by atoms with Crippen molar-refractivity contribution >= 4 is 0 Å². The van der Waals surface area contributed by atoms with Gasteiger partial charge in [0.2, 0.25) is 0 Å². The molecule has 0 aromatic carbocycles. The van der Waals surface area contributed by atoms with Crippen molar-refractivity contribution in [1.82, 2.24) is 21.3 Å². The average Bonchev–Trinajstić information content (AvgIpc) is 2.46. The highest BCUT2D eigenvalue weighted by molar-refractivity contribution is 4.83. The van der Waals surface area contributed by atoms with Crippen molar-refractivity contribution in [1.29, 1.82) is 0 Å². The number of unbranched alkanes of at least 4 members (excludes halogenated alkanes) is 1. The van der Waals surface area contributed by atoms with Crippen LogP contribution < -0.4 is 21.3 Å². The molecule has 0 fully saturated rings. The molecule has 4 N–H and O–H groups in total. The molecule has 1 atom stereocenters. The summed E-state index contributed by atoms with van der Waals surface area (Å²) in [6.07, 6.45) is 4.97. The van der Waals surface area contributed by atoms with Crippen LogP contribution in [0.15, 0.2) is 0 Å². The van der Waals surface area contributed by atoms with Gasteiger partial charge in [-0.1, -0.05) is 26.7 Å². The molecule has 0 saturated heterocycles. The lowest BCUT2D eigenvalue weighted by Gasteiger charge is -2.31. The van der Waals surface area contributed by atoms with Gasteiger partial charge in [-0.05, 0) is 54.0 Å². The first-order valence-electron chi connectivity index (χ1n) is 9.66. The van der Waals surface area contributed by atoms with E-state index in [-0.39, 0.29) is 11.1 Å². The lowest BCUT2D eigenvalue weighted by atomic mass is 9.95. The Morgan fingerprint density at radius 3 is 2.04 bits per heavy atom. The third kappa shape index (κ3) is 13.9. The molecule has 0 aliphatic heterocycles. The van der Waals surface area contributed by atoms with Crippen molar-refractivity contribution in [3.8, 4) is 0 Å². The summed E-state index contributed by atoms with van der Waals surface area (Å²) in [5, 5.41) is 14.3. The summed E-state index contributed by atoms with van der Waals surface area (Å²) in [6.45, 7) is 21.1. The second-order valence-electron chi connectivity index (χ2n) is 8.14. The number of hydrogen-bond donors (Lipinski definition) is 4. The number of likely N-dealkylation sites (N-methyl/N-ethyl adjacent to an activating group) is 1. The minimum atomic E-state index is 0.176. The second kappa shape index (κ2) is 12.2. The van der Waals surface area contributed by atoms with Crippen molar-refractivity contribution in [3.05, 3.63) is 0 Å². The van der Waals surface area contributed by atoms with Gasteiger partial charge >= 0.3 is 0 Å². The zero-order chi connectivity index (χ0) is 17.8. The Balaban J connectivity index is 3.82. The second-order valence-corrected chi connectivity index (χ2v) is 8.14. The highest BCUT2D eigenvalue weighted by atomic mass is 15.0. The third-order valence-corrected chi connectivity index (χ3v) is 4.35. The van der Waals surface area contributed by atoms with Gasteiger partial charge in [-0.25, -0.2) is 0 Å². The predicted octanol–water partition coefficient (Wildman–Crippen LogP) is 2.89. The van der Waals surface area contributed by atoms with Crippen molar-refractivity contribution in [2.45, 2.75) is 91.3 Å². The maximum atomic E-state index is 3.67. The molecule has 0 aromatic rings. The first kappa shape index (κ1) is 22.8. The molecule has 0 bridgehead atoms. The molecular formula is C19H44N4. The highest BCUT2D eigenvalue weighted by Gasteiger charge is 2.20. The smallest absolute Gasteiger partial charge is 0.0140 e. The van der Waals surface area contributed by atoms with Crippen LogP contribution in [-0.2, 0) is 0 Å². The zero-order valence-corrected chi connectivity index (χ0v) is 16.9. The van der Waals surface area contributed by atoms with Gasteiger partial charge in [-0.15, -0.1) is 0 Å². The SMILES string of the molecule is CCCCC(C)(C)NCCNC(C)CC(C)(C)NCCNCC. The Morgan fingerprint density at radius 1 is 0.826 bits per heavy atom. The molecule has 0 aromatic heterocycles. The standard InChI is InChI=1S/C19H44N4/c1-8-10-11-18(4,5)22-15-13-21-17(3)16-19(6,7)23-14-12-20-9-2/h17,20-23H,8-16H2,1-7H3. The molecule has 0 radical (unpaired) electrons. The topological polar surface area (TPSA) is 48.1 Å². The lowest BCUT2D eigenvalue weighted by Crippen LogP contribution is -2.48. The summed E-state index contributed by atoms with van der Waals surface area (Å²) in [7, 11) is 0. The first-order chi connectivity index (χ1) is 10.7. The van der Waals surface area contributed by atoms with E-state index >= 15 is 0 Å². The van der Waals surface area contributed by atoms with Crippen LogP contribution in [0.25, 0.3) is 0 Å². The van der Waals surface area contributed by atoms with Gasteiger partial charge in [-0.3, -0.25) is 0 Å². The van der Waals surface area contributed by atoms with E-state index in [4.69, 9.17) is 0 Å². The predicted molar refractivity (Wildman–Crippen MR) is 104 cm³/mol. The van der Waals surface area contributed by atoms with E-state index in [9.17, 15) is 0 Å². The Bertz CT molecular complexity index is 277. The van der Waals surface area contributed by atoms with Crippen LogP contribution in [-0.4, -0.2) is 49.8 Å². The number of rotatable bonds is 15. The monoisotopic (exact) mass is 328 g/mol. The fourth-order valence-electron chi connectivity index (χ4n) is 3.00. The molecule has 0 heterocycles. The van der Waals surface area contributed by atoms with Gasteiger partial charge < -0.3 is 21.3 Å². The summed E-state index contributed by atoms with van der Waals surface area (Å²) in [4.78, 5) is 0. The van der Waals surface area contributed by atoms with Crippen LogP contribution in [0.3, 0.4) is 0 Å². The van der Waals surface area contributed by atoms with Crippen LogP contribution in [0, 0.1) is 0 Å². The quantitative estimate of drug-likeness (QED) is 0.349. The summed E-state index contributed by atoms with van der Waals surface area (Å²) in [5.74, 6) is 0.